The molecule has 2 N–H and O–H groups in total. The summed E-state index contributed by atoms with van der Waals surface area (Å²) in [7, 11) is 0. The van der Waals surface area contributed by atoms with Gasteiger partial charge in [-0.25, -0.2) is 4.39 Å². The zero-order valence-corrected chi connectivity index (χ0v) is 11.6. The first-order valence-electron chi connectivity index (χ1n) is 6.79. The Morgan fingerprint density at radius 2 is 2.05 bits per heavy atom. The van der Waals surface area contributed by atoms with Crippen molar-refractivity contribution in [2.75, 3.05) is 32.7 Å². The molecule has 3 aliphatic rings. The van der Waals surface area contributed by atoms with E-state index >= 15 is 0 Å². The number of hydrogen-bond acceptors (Lipinski definition) is 3. The van der Waals surface area contributed by atoms with Gasteiger partial charge in [-0.1, -0.05) is 11.6 Å². The van der Waals surface area contributed by atoms with Gasteiger partial charge in [0.1, 0.15) is 5.82 Å². The molecule has 0 saturated carbocycles. The van der Waals surface area contributed by atoms with Gasteiger partial charge in [0.2, 0.25) is 0 Å². The van der Waals surface area contributed by atoms with Crippen molar-refractivity contribution in [3.05, 3.63) is 34.6 Å². The van der Waals surface area contributed by atoms with Crippen LogP contribution in [-0.2, 0) is 6.42 Å². The quantitative estimate of drug-likeness (QED) is 0.909. The molecule has 104 valence electrons. The second-order valence-electron chi connectivity index (χ2n) is 5.51. The van der Waals surface area contributed by atoms with Crippen LogP contribution < -0.4 is 5.73 Å². The molecule has 3 aliphatic heterocycles. The fraction of sp³-hybridized carbons (Fsp3) is 0.571. The van der Waals surface area contributed by atoms with Crippen LogP contribution in [0.25, 0.3) is 0 Å². The Morgan fingerprint density at radius 3 is 2.68 bits per heavy atom. The van der Waals surface area contributed by atoms with Crippen LogP contribution in [0.1, 0.15) is 5.56 Å². The molecule has 2 atom stereocenters. The Morgan fingerprint density at radius 1 is 1.32 bits per heavy atom. The fourth-order valence-electron chi connectivity index (χ4n) is 3.15. The maximum absolute atomic E-state index is 13.7. The first-order valence-corrected chi connectivity index (χ1v) is 7.17. The number of nitrogens with two attached hydrogens (primary N) is 1. The van der Waals surface area contributed by atoms with Gasteiger partial charge in [0, 0.05) is 49.8 Å². The third-order valence-electron chi connectivity index (χ3n) is 4.28. The van der Waals surface area contributed by atoms with E-state index in [1.165, 1.54) is 6.07 Å². The highest BCUT2D eigenvalue weighted by Gasteiger charge is 2.35. The van der Waals surface area contributed by atoms with Crippen molar-refractivity contribution in [1.82, 2.24) is 9.80 Å². The molecule has 0 spiro atoms. The Balaban J connectivity index is 1.71. The SMILES string of the molecule is NC(Cc1cc(Cl)ccc1F)C1CN2CCN1CC2. The summed E-state index contributed by atoms with van der Waals surface area (Å²) in [4.78, 5) is 4.88. The van der Waals surface area contributed by atoms with Crippen molar-refractivity contribution in [3.8, 4) is 0 Å². The number of benzene rings is 1. The van der Waals surface area contributed by atoms with E-state index < -0.39 is 0 Å². The molecule has 3 nitrogen and oxygen atoms in total. The highest BCUT2D eigenvalue weighted by molar-refractivity contribution is 6.30. The van der Waals surface area contributed by atoms with Gasteiger partial charge in [-0.15, -0.1) is 0 Å². The lowest BCUT2D eigenvalue weighted by Crippen LogP contribution is -2.66. The predicted molar refractivity (Wildman–Crippen MR) is 74.9 cm³/mol. The molecule has 2 bridgehead atoms. The second kappa shape index (κ2) is 5.37. The lowest BCUT2D eigenvalue weighted by molar-refractivity contribution is 0.00249. The minimum Gasteiger partial charge on any atom is -0.326 e. The monoisotopic (exact) mass is 283 g/mol. The summed E-state index contributed by atoms with van der Waals surface area (Å²) in [6, 6.07) is 4.97. The van der Waals surface area contributed by atoms with Crippen LogP contribution in [0.2, 0.25) is 5.02 Å². The molecule has 1 aromatic rings. The third kappa shape index (κ3) is 2.77. The molecule has 1 aromatic carbocycles. The van der Waals surface area contributed by atoms with Crippen molar-refractivity contribution in [2.45, 2.75) is 18.5 Å². The minimum atomic E-state index is -0.212. The van der Waals surface area contributed by atoms with Crippen LogP contribution in [0.3, 0.4) is 0 Å². The maximum Gasteiger partial charge on any atom is 0.126 e. The highest BCUT2D eigenvalue weighted by Crippen LogP contribution is 2.21. The number of rotatable bonds is 3. The first kappa shape index (κ1) is 13.3. The van der Waals surface area contributed by atoms with E-state index in [9.17, 15) is 4.39 Å². The largest absolute Gasteiger partial charge is 0.326 e. The van der Waals surface area contributed by atoms with Crippen LogP contribution >= 0.6 is 11.6 Å². The standard InChI is InChI=1S/C14H19ClFN3/c15-11-1-2-12(16)10(7-11)8-13(17)14-9-18-3-5-19(14)6-4-18/h1-2,7,13-14H,3-6,8-9,17H2. The molecule has 0 aliphatic carbocycles. The molecule has 4 rings (SSSR count). The molecule has 0 radical (unpaired) electrons. The van der Waals surface area contributed by atoms with E-state index in [1.54, 1.807) is 12.1 Å². The summed E-state index contributed by atoms with van der Waals surface area (Å²) >= 11 is 5.92. The average molecular weight is 284 g/mol. The van der Waals surface area contributed by atoms with Crippen LogP contribution in [0, 0.1) is 5.82 Å². The van der Waals surface area contributed by atoms with Crippen LogP contribution in [0.4, 0.5) is 4.39 Å². The number of fused-ring (bicyclic) bond motifs is 3. The van der Waals surface area contributed by atoms with E-state index in [4.69, 9.17) is 17.3 Å². The lowest BCUT2D eigenvalue weighted by atomic mass is 9.95. The molecular formula is C14H19ClFN3. The van der Waals surface area contributed by atoms with E-state index in [2.05, 4.69) is 9.80 Å². The molecule has 3 fully saturated rings. The first-order chi connectivity index (χ1) is 9.13. The summed E-state index contributed by atoms with van der Waals surface area (Å²) in [5.74, 6) is -0.212. The number of halogens is 2. The Hall–Kier alpha value is -0.680. The van der Waals surface area contributed by atoms with Crippen molar-refractivity contribution < 1.29 is 4.39 Å². The van der Waals surface area contributed by atoms with Gasteiger partial charge in [-0.05, 0) is 30.2 Å². The van der Waals surface area contributed by atoms with E-state index in [1.807, 2.05) is 0 Å². The van der Waals surface area contributed by atoms with E-state index in [-0.39, 0.29) is 11.9 Å². The Labute approximate surface area is 118 Å². The zero-order chi connectivity index (χ0) is 13.4. The normalized spacial score (nSPS) is 31.4. The predicted octanol–water partition coefficient (Wildman–Crippen LogP) is 1.35. The second-order valence-corrected chi connectivity index (χ2v) is 5.94. The smallest absolute Gasteiger partial charge is 0.126 e. The summed E-state index contributed by atoms with van der Waals surface area (Å²) in [5.41, 5.74) is 6.93. The fourth-order valence-corrected chi connectivity index (χ4v) is 3.35. The third-order valence-corrected chi connectivity index (χ3v) is 4.51. The van der Waals surface area contributed by atoms with Crippen molar-refractivity contribution in [2.24, 2.45) is 5.73 Å². The molecule has 0 aromatic heterocycles. The van der Waals surface area contributed by atoms with Gasteiger partial charge in [0.25, 0.3) is 0 Å². The summed E-state index contributed by atoms with van der Waals surface area (Å²) in [6.45, 7) is 5.43. The summed E-state index contributed by atoms with van der Waals surface area (Å²) in [5, 5.41) is 0.567. The van der Waals surface area contributed by atoms with E-state index in [0.717, 1.165) is 32.7 Å². The molecular weight excluding hydrogens is 265 g/mol. The minimum absolute atomic E-state index is 0.0453. The van der Waals surface area contributed by atoms with Crippen LogP contribution in [0.15, 0.2) is 18.2 Å². The van der Waals surface area contributed by atoms with Gasteiger partial charge in [-0.3, -0.25) is 9.80 Å². The molecule has 19 heavy (non-hydrogen) atoms. The maximum atomic E-state index is 13.7. The van der Waals surface area contributed by atoms with Gasteiger partial charge in [0.05, 0.1) is 0 Å². The summed E-state index contributed by atoms with van der Waals surface area (Å²) in [6.07, 6.45) is 0.543. The molecule has 5 heteroatoms. The van der Waals surface area contributed by atoms with Crippen molar-refractivity contribution in [3.63, 3.8) is 0 Å². The highest BCUT2D eigenvalue weighted by atomic mass is 35.5. The molecule has 3 saturated heterocycles. The topological polar surface area (TPSA) is 32.5 Å². The van der Waals surface area contributed by atoms with E-state index in [0.29, 0.717) is 23.0 Å². The van der Waals surface area contributed by atoms with Gasteiger partial charge < -0.3 is 5.73 Å². The number of piperazine rings is 3. The van der Waals surface area contributed by atoms with Gasteiger partial charge >= 0.3 is 0 Å². The van der Waals surface area contributed by atoms with Crippen molar-refractivity contribution in [1.29, 1.82) is 0 Å². The Bertz CT molecular complexity index is 460. The van der Waals surface area contributed by atoms with Crippen molar-refractivity contribution >= 4 is 11.6 Å². The van der Waals surface area contributed by atoms with Gasteiger partial charge in [0.15, 0.2) is 0 Å². The van der Waals surface area contributed by atoms with Gasteiger partial charge in [-0.2, -0.15) is 0 Å². The average Bonchev–Trinajstić information content (AvgIpc) is 2.44. The molecule has 2 unspecified atom stereocenters. The zero-order valence-electron chi connectivity index (χ0n) is 10.9. The lowest BCUT2D eigenvalue weighted by Gasteiger charge is -2.49. The van der Waals surface area contributed by atoms with Crippen LogP contribution in [-0.4, -0.2) is 54.6 Å². The number of nitrogens with zero attached hydrogens (tertiary/aromatic N) is 2. The summed E-state index contributed by atoms with van der Waals surface area (Å²) < 4.78 is 13.7. The molecule has 0 amide bonds. The molecule has 3 heterocycles. The van der Waals surface area contributed by atoms with Crippen LogP contribution in [0.5, 0.6) is 0 Å². The number of hydrogen-bond donors (Lipinski definition) is 1. The Kier molecular flexibility index (Phi) is 3.76.